The molecule has 4 heteroatoms. The van der Waals surface area contributed by atoms with E-state index in [0.717, 1.165) is 18.7 Å². The minimum absolute atomic E-state index is 0.146. The summed E-state index contributed by atoms with van der Waals surface area (Å²) in [5, 5.41) is 0. The molecule has 4 nitrogen and oxygen atoms in total. The van der Waals surface area contributed by atoms with Crippen LogP contribution < -0.4 is 4.74 Å². The Morgan fingerprint density at radius 3 is 2.81 bits per heavy atom. The summed E-state index contributed by atoms with van der Waals surface area (Å²) in [5.41, 5.74) is 1.27. The summed E-state index contributed by atoms with van der Waals surface area (Å²) in [5.74, 6) is 0.837. The first-order chi connectivity index (χ1) is 10.3. The van der Waals surface area contributed by atoms with Crippen LogP contribution in [-0.2, 0) is 16.0 Å². The molecular formula is C17H23NO3. The predicted octanol–water partition coefficient (Wildman–Crippen LogP) is 2.41. The number of rotatable bonds is 5. The fraction of sp³-hybridized carbons (Fsp3) is 0.588. The van der Waals surface area contributed by atoms with Gasteiger partial charge in [-0.15, -0.1) is 0 Å². The van der Waals surface area contributed by atoms with Gasteiger partial charge in [0.05, 0.1) is 13.7 Å². The molecule has 1 aromatic rings. The van der Waals surface area contributed by atoms with Gasteiger partial charge in [-0.1, -0.05) is 31.0 Å². The van der Waals surface area contributed by atoms with E-state index in [2.05, 4.69) is 11.0 Å². The highest BCUT2D eigenvalue weighted by Gasteiger charge is 2.30. The maximum Gasteiger partial charge on any atom is 0.319 e. The lowest BCUT2D eigenvalue weighted by molar-refractivity contribution is -0.142. The number of benzene rings is 1. The fourth-order valence-electron chi connectivity index (χ4n) is 3.46. The van der Waals surface area contributed by atoms with Crippen molar-refractivity contribution < 1.29 is 14.3 Å². The van der Waals surface area contributed by atoms with Crippen LogP contribution in [0.25, 0.3) is 0 Å². The number of hydrogen-bond donors (Lipinski definition) is 0. The van der Waals surface area contributed by atoms with E-state index < -0.39 is 0 Å². The minimum atomic E-state index is -0.155. The van der Waals surface area contributed by atoms with Crippen molar-refractivity contribution in [2.75, 3.05) is 20.2 Å². The van der Waals surface area contributed by atoms with E-state index in [1.807, 2.05) is 18.2 Å². The maximum absolute atomic E-state index is 11.7. The number of fused-ring (bicyclic) bond motifs is 1. The second-order valence-electron chi connectivity index (χ2n) is 6.00. The fourth-order valence-corrected chi connectivity index (χ4v) is 3.46. The van der Waals surface area contributed by atoms with Crippen molar-refractivity contribution in [1.82, 2.24) is 4.90 Å². The second-order valence-corrected chi connectivity index (χ2v) is 6.00. The SMILES string of the molecule is COC(=O)CN(CC1Cc2ccccc2O1)C1CCCC1. The largest absolute Gasteiger partial charge is 0.488 e. The van der Waals surface area contributed by atoms with Gasteiger partial charge in [-0.25, -0.2) is 0 Å². The Labute approximate surface area is 126 Å². The molecule has 3 rings (SSSR count). The average Bonchev–Trinajstić information content (AvgIpc) is 3.15. The minimum Gasteiger partial charge on any atom is -0.488 e. The van der Waals surface area contributed by atoms with Crippen LogP contribution in [0.3, 0.4) is 0 Å². The first-order valence-electron chi connectivity index (χ1n) is 7.81. The smallest absolute Gasteiger partial charge is 0.319 e. The summed E-state index contributed by atoms with van der Waals surface area (Å²) in [4.78, 5) is 13.9. The molecule has 0 saturated heterocycles. The Morgan fingerprint density at radius 1 is 1.33 bits per heavy atom. The zero-order chi connectivity index (χ0) is 14.7. The Balaban J connectivity index is 1.63. The van der Waals surface area contributed by atoms with Crippen molar-refractivity contribution in [2.24, 2.45) is 0 Å². The maximum atomic E-state index is 11.7. The van der Waals surface area contributed by atoms with Gasteiger partial charge < -0.3 is 9.47 Å². The lowest BCUT2D eigenvalue weighted by Gasteiger charge is -2.29. The van der Waals surface area contributed by atoms with Gasteiger partial charge in [0, 0.05) is 19.0 Å². The van der Waals surface area contributed by atoms with Gasteiger partial charge in [-0.3, -0.25) is 9.69 Å². The number of esters is 1. The Kier molecular flexibility index (Phi) is 4.44. The van der Waals surface area contributed by atoms with E-state index in [0.29, 0.717) is 12.6 Å². The summed E-state index contributed by atoms with van der Waals surface area (Å²) >= 11 is 0. The number of carbonyl (C=O) groups excluding carboxylic acids is 1. The van der Waals surface area contributed by atoms with Crippen LogP contribution >= 0.6 is 0 Å². The van der Waals surface area contributed by atoms with Crippen molar-refractivity contribution in [3.05, 3.63) is 29.8 Å². The summed E-state index contributed by atoms with van der Waals surface area (Å²) in [7, 11) is 1.46. The lowest BCUT2D eigenvalue weighted by Crippen LogP contribution is -2.43. The number of hydrogen-bond acceptors (Lipinski definition) is 4. The molecule has 1 aromatic carbocycles. The molecule has 0 bridgehead atoms. The molecule has 114 valence electrons. The van der Waals surface area contributed by atoms with Crippen LogP contribution in [0, 0.1) is 0 Å². The van der Waals surface area contributed by atoms with Crippen LogP contribution in [0.4, 0.5) is 0 Å². The van der Waals surface area contributed by atoms with Crippen LogP contribution in [0.5, 0.6) is 5.75 Å². The number of nitrogens with zero attached hydrogens (tertiary/aromatic N) is 1. The number of methoxy groups -OCH3 is 1. The van der Waals surface area contributed by atoms with Crippen molar-refractivity contribution in [3.8, 4) is 5.75 Å². The third-order valence-electron chi connectivity index (χ3n) is 4.55. The molecule has 1 fully saturated rings. The standard InChI is InChI=1S/C17H23NO3/c1-20-17(19)12-18(14-7-3-4-8-14)11-15-10-13-6-2-5-9-16(13)21-15/h2,5-6,9,14-15H,3-4,7-8,10-12H2,1H3. The van der Waals surface area contributed by atoms with E-state index >= 15 is 0 Å². The normalized spacial score (nSPS) is 21.3. The lowest BCUT2D eigenvalue weighted by atomic mass is 10.1. The Morgan fingerprint density at radius 2 is 2.10 bits per heavy atom. The summed E-state index contributed by atoms with van der Waals surface area (Å²) in [6.07, 6.45) is 5.95. The molecule has 0 spiro atoms. The highest BCUT2D eigenvalue weighted by molar-refractivity contribution is 5.71. The molecule has 1 atom stereocenters. The van der Waals surface area contributed by atoms with Crippen LogP contribution in [0.15, 0.2) is 24.3 Å². The Hall–Kier alpha value is -1.55. The molecule has 0 aromatic heterocycles. The zero-order valence-electron chi connectivity index (χ0n) is 12.6. The van der Waals surface area contributed by atoms with E-state index in [-0.39, 0.29) is 12.1 Å². The van der Waals surface area contributed by atoms with Crippen LogP contribution in [0.1, 0.15) is 31.2 Å². The highest BCUT2D eigenvalue weighted by atomic mass is 16.5. The molecule has 21 heavy (non-hydrogen) atoms. The summed E-state index contributed by atoms with van der Waals surface area (Å²) in [6.45, 7) is 1.17. The zero-order valence-corrected chi connectivity index (χ0v) is 12.6. The molecule has 2 aliphatic rings. The van der Waals surface area contributed by atoms with Crippen molar-refractivity contribution >= 4 is 5.97 Å². The van der Waals surface area contributed by atoms with E-state index in [4.69, 9.17) is 9.47 Å². The van der Waals surface area contributed by atoms with Gasteiger partial charge in [0.2, 0.25) is 0 Å². The molecule has 0 N–H and O–H groups in total. The van der Waals surface area contributed by atoms with Gasteiger partial charge in [-0.2, -0.15) is 0 Å². The second kappa shape index (κ2) is 6.48. The third kappa shape index (κ3) is 3.38. The molecular weight excluding hydrogens is 266 g/mol. The third-order valence-corrected chi connectivity index (χ3v) is 4.55. The predicted molar refractivity (Wildman–Crippen MR) is 80.4 cm³/mol. The Bertz CT molecular complexity index is 472. The van der Waals surface area contributed by atoms with Gasteiger partial charge in [0.15, 0.2) is 0 Å². The van der Waals surface area contributed by atoms with Gasteiger partial charge in [0.1, 0.15) is 11.9 Å². The summed E-state index contributed by atoms with van der Waals surface area (Å²) < 4.78 is 10.9. The molecule has 1 heterocycles. The van der Waals surface area contributed by atoms with Crippen LogP contribution in [0.2, 0.25) is 0 Å². The van der Waals surface area contributed by atoms with Gasteiger partial charge in [0.25, 0.3) is 0 Å². The molecule has 1 aliphatic heterocycles. The van der Waals surface area contributed by atoms with Gasteiger partial charge in [-0.05, 0) is 24.5 Å². The summed E-state index contributed by atoms with van der Waals surface area (Å²) in [6, 6.07) is 8.69. The number of para-hydroxylation sites is 1. The topological polar surface area (TPSA) is 38.8 Å². The van der Waals surface area contributed by atoms with E-state index in [1.165, 1.54) is 38.4 Å². The molecule has 0 radical (unpaired) electrons. The molecule has 1 unspecified atom stereocenters. The first-order valence-corrected chi connectivity index (χ1v) is 7.81. The number of ether oxygens (including phenoxy) is 2. The number of carbonyl (C=O) groups is 1. The van der Waals surface area contributed by atoms with Crippen molar-refractivity contribution in [3.63, 3.8) is 0 Å². The van der Waals surface area contributed by atoms with Crippen molar-refractivity contribution in [1.29, 1.82) is 0 Å². The monoisotopic (exact) mass is 289 g/mol. The first kappa shape index (κ1) is 14.4. The van der Waals surface area contributed by atoms with Gasteiger partial charge >= 0.3 is 5.97 Å². The average molecular weight is 289 g/mol. The quantitative estimate of drug-likeness (QED) is 0.780. The van der Waals surface area contributed by atoms with Crippen LogP contribution in [-0.4, -0.2) is 43.2 Å². The van der Waals surface area contributed by atoms with E-state index in [9.17, 15) is 4.79 Å². The molecule has 0 amide bonds. The van der Waals surface area contributed by atoms with Crippen molar-refractivity contribution in [2.45, 2.75) is 44.2 Å². The molecule has 1 aliphatic carbocycles. The molecule has 1 saturated carbocycles. The highest BCUT2D eigenvalue weighted by Crippen LogP contribution is 2.30. The van der Waals surface area contributed by atoms with E-state index in [1.54, 1.807) is 0 Å².